The number of carbonyl (C=O) groups excluding carboxylic acids is 1. The van der Waals surface area contributed by atoms with Crippen LogP contribution in [0.3, 0.4) is 0 Å². The Morgan fingerprint density at radius 2 is 1.05 bits per heavy atom. The van der Waals surface area contributed by atoms with Crippen molar-refractivity contribution in [3.63, 3.8) is 0 Å². The van der Waals surface area contributed by atoms with Crippen LogP contribution in [0.2, 0.25) is 0 Å². The van der Waals surface area contributed by atoms with Crippen molar-refractivity contribution < 1.29 is 4.79 Å². The first-order chi connectivity index (χ1) is 9.81. The molecule has 0 aliphatic rings. The maximum Gasteiger partial charge on any atom is 0.136 e. The molecule has 0 spiro atoms. The molecule has 0 aromatic carbocycles. The Hall–Kier alpha value is -0.330. The van der Waals surface area contributed by atoms with Crippen LogP contribution in [0.25, 0.3) is 0 Å². The van der Waals surface area contributed by atoms with Crippen LogP contribution in [0.1, 0.15) is 110 Å². The zero-order chi connectivity index (χ0) is 14.9. The van der Waals surface area contributed by atoms with E-state index in [1.165, 1.54) is 83.5 Å². The van der Waals surface area contributed by atoms with Crippen molar-refractivity contribution in [3.8, 4) is 0 Å². The molecule has 0 unspecified atom stereocenters. The number of ketones is 1. The van der Waals surface area contributed by atoms with Gasteiger partial charge in [-0.2, -0.15) is 0 Å². The SMILES string of the molecule is CCCCCCCCCCCCCCC[CH]C(=O)CC. The molecule has 0 fully saturated rings. The monoisotopic (exact) mass is 281 g/mol. The van der Waals surface area contributed by atoms with Crippen molar-refractivity contribution in [1.29, 1.82) is 0 Å². The molecule has 0 aliphatic heterocycles. The lowest BCUT2D eigenvalue weighted by Crippen LogP contribution is -1.95. The van der Waals surface area contributed by atoms with Gasteiger partial charge in [-0.25, -0.2) is 0 Å². The van der Waals surface area contributed by atoms with Crippen molar-refractivity contribution in [1.82, 2.24) is 0 Å². The zero-order valence-corrected chi connectivity index (χ0v) is 14.1. The molecule has 0 aromatic rings. The van der Waals surface area contributed by atoms with E-state index in [0.29, 0.717) is 12.2 Å². The lowest BCUT2D eigenvalue weighted by atomic mass is 10.0. The van der Waals surface area contributed by atoms with Crippen molar-refractivity contribution in [2.75, 3.05) is 0 Å². The highest BCUT2D eigenvalue weighted by molar-refractivity contribution is 5.86. The minimum Gasteiger partial charge on any atom is -0.299 e. The van der Waals surface area contributed by atoms with E-state index in [0.717, 1.165) is 6.42 Å². The third-order valence-electron chi connectivity index (χ3n) is 4.03. The lowest BCUT2D eigenvalue weighted by molar-refractivity contribution is -0.115. The second-order valence-electron chi connectivity index (χ2n) is 6.06. The summed E-state index contributed by atoms with van der Waals surface area (Å²) in [7, 11) is 0. The molecule has 0 N–H and O–H groups in total. The standard InChI is InChI=1S/C19H37O/c1-3-5-6-7-8-9-10-11-12-13-14-15-16-17-18-19(20)4-2/h18H,3-17H2,1-2H3. The molecule has 0 rings (SSSR count). The van der Waals surface area contributed by atoms with Crippen molar-refractivity contribution in [3.05, 3.63) is 6.42 Å². The van der Waals surface area contributed by atoms with Gasteiger partial charge >= 0.3 is 0 Å². The van der Waals surface area contributed by atoms with E-state index in [1.807, 2.05) is 13.3 Å². The van der Waals surface area contributed by atoms with Gasteiger partial charge in [-0.1, -0.05) is 97.3 Å². The number of unbranched alkanes of at least 4 members (excludes halogenated alkanes) is 13. The van der Waals surface area contributed by atoms with Crippen LogP contribution in [0.15, 0.2) is 0 Å². The Morgan fingerprint density at radius 3 is 1.45 bits per heavy atom. The Bertz CT molecular complexity index is 198. The number of rotatable bonds is 16. The van der Waals surface area contributed by atoms with Gasteiger partial charge < -0.3 is 0 Å². The summed E-state index contributed by atoms with van der Waals surface area (Å²) in [5.41, 5.74) is 0. The van der Waals surface area contributed by atoms with E-state index in [9.17, 15) is 4.79 Å². The predicted octanol–water partition coefficient (Wildman–Crippen LogP) is 6.65. The van der Waals surface area contributed by atoms with Gasteiger partial charge in [-0.3, -0.25) is 4.79 Å². The van der Waals surface area contributed by atoms with Gasteiger partial charge in [0.25, 0.3) is 0 Å². The lowest BCUT2D eigenvalue weighted by Gasteiger charge is -2.03. The molecular formula is C19H37O. The second kappa shape index (κ2) is 16.7. The average molecular weight is 282 g/mol. The van der Waals surface area contributed by atoms with Crippen LogP contribution in [-0.4, -0.2) is 5.78 Å². The topological polar surface area (TPSA) is 17.1 Å². The molecule has 0 atom stereocenters. The fourth-order valence-electron chi connectivity index (χ4n) is 2.57. The molecule has 119 valence electrons. The molecule has 1 nitrogen and oxygen atoms in total. The quantitative estimate of drug-likeness (QED) is 0.289. The molecule has 0 aliphatic carbocycles. The van der Waals surface area contributed by atoms with E-state index >= 15 is 0 Å². The minimum absolute atomic E-state index is 0.309. The molecule has 0 saturated heterocycles. The smallest absolute Gasteiger partial charge is 0.136 e. The first-order valence-electron chi connectivity index (χ1n) is 9.17. The van der Waals surface area contributed by atoms with Gasteiger partial charge in [-0.15, -0.1) is 0 Å². The summed E-state index contributed by atoms with van der Waals surface area (Å²) in [6.07, 6.45) is 21.6. The van der Waals surface area contributed by atoms with Crippen LogP contribution in [0.5, 0.6) is 0 Å². The average Bonchev–Trinajstić information content (AvgIpc) is 2.47. The van der Waals surface area contributed by atoms with Gasteiger partial charge in [0.1, 0.15) is 5.78 Å². The van der Waals surface area contributed by atoms with Crippen molar-refractivity contribution in [2.24, 2.45) is 0 Å². The minimum atomic E-state index is 0.309. The van der Waals surface area contributed by atoms with Crippen LogP contribution in [0.4, 0.5) is 0 Å². The van der Waals surface area contributed by atoms with Gasteiger partial charge in [0.05, 0.1) is 0 Å². The van der Waals surface area contributed by atoms with Gasteiger partial charge in [-0.05, 0) is 6.42 Å². The molecule has 0 heterocycles. The highest BCUT2D eigenvalue weighted by Gasteiger charge is 1.98. The van der Waals surface area contributed by atoms with Gasteiger partial charge in [0.2, 0.25) is 0 Å². The summed E-state index contributed by atoms with van der Waals surface area (Å²) in [5, 5.41) is 0. The molecule has 20 heavy (non-hydrogen) atoms. The molecule has 1 heteroatoms. The number of Topliss-reactive ketones (excluding diaryl/α,β-unsaturated/α-hetero) is 1. The Balaban J connectivity index is 2.97. The number of carbonyl (C=O) groups is 1. The largest absolute Gasteiger partial charge is 0.299 e. The van der Waals surface area contributed by atoms with Crippen LogP contribution in [-0.2, 0) is 4.79 Å². The van der Waals surface area contributed by atoms with Gasteiger partial charge in [0.15, 0.2) is 0 Å². The fourth-order valence-corrected chi connectivity index (χ4v) is 2.57. The van der Waals surface area contributed by atoms with E-state index in [4.69, 9.17) is 0 Å². The Morgan fingerprint density at radius 1 is 0.650 bits per heavy atom. The maximum atomic E-state index is 11.1. The first-order valence-corrected chi connectivity index (χ1v) is 9.17. The summed E-state index contributed by atoms with van der Waals surface area (Å²) in [6, 6.07) is 0. The fraction of sp³-hybridized carbons (Fsp3) is 0.895. The van der Waals surface area contributed by atoms with E-state index in [-0.39, 0.29) is 0 Å². The second-order valence-corrected chi connectivity index (χ2v) is 6.06. The van der Waals surface area contributed by atoms with Crippen molar-refractivity contribution in [2.45, 2.75) is 110 Å². The highest BCUT2D eigenvalue weighted by Crippen LogP contribution is 2.13. The predicted molar refractivity (Wildman–Crippen MR) is 89.9 cm³/mol. The Kier molecular flexibility index (Phi) is 16.4. The molecule has 1 radical (unpaired) electrons. The number of hydrogen-bond acceptors (Lipinski definition) is 1. The number of hydrogen-bond donors (Lipinski definition) is 0. The van der Waals surface area contributed by atoms with Crippen molar-refractivity contribution >= 4 is 5.78 Å². The Labute approximate surface area is 127 Å². The molecule has 0 aromatic heterocycles. The third-order valence-corrected chi connectivity index (χ3v) is 4.03. The van der Waals surface area contributed by atoms with Crippen LogP contribution in [0, 0.1) is 6.42 Å². The normalized spacial score (nSPS) is 10.9. The zero-order valence-electron chi connectivity index (χ0n) is 14.1. The first kappa shape index (κ1) is 19.7. The maximum absolute atomic E-state index is 11.1. The summed E-state index contributed by atoms with van der Waals surface area (Å²) >= 11 is 0. The van der Waals surface area contributed by atoms with E-state index < -0.39 is 0 Å². The van der Waals surface area contributed by atoms with Gasteiger partial charge in [0, 0.05) is 12.8 Å². The molecule has 0 saturated carbocycles. The third kappa shape index (κ3) is 15.7. The summed E-state index contributed by atoms with van der Waals surface area (Å²) < 4.78 is 0. The molecule has 0 bridgehead atoms. The van der Waals surface area contributed by atoms with E-state index in [2.05, 4.69) is 6.92 Å². The van der Waals surface area contributed by atoms with E-state index in [1.54, 1.807) is 0 Å². The molecule has 0 amide bonds. The summed E-state index contributed by atoms with van der Waals surface area (Å²) in [5.74, 6) is 0.309. The summed E-state index contributed by atoms with van der Waals surface area (Å²) in [6.45, 7) is 4.21. The van der Waals surface area contributed by atoms with Crippen LogP contribution >= 0.6 is 0 Å². The highest BCUT2D eigenvalue weighted by atomic mass is 16.1. The summed E-state index contributed by atoms with van der Waals surface area (Å²) in [4.78, 5) is 11.1. The molecular weight excluding hydrogens is 244 g/mol. The van der Waals surface area contributed by atoms with Crippen LogP contribution < -0.4 is 0 Å².